The first-order valence-corrected chi connectivity index (χ1v) is 12.3. The van der Waals surface area contributed by atoms with Crippen molar-refractivity contribution in [3.8, 4) is 0 Å². The van der Waals surface area contributed by atoms with Crippen LogP contribution in [0.3, 0.4) is 0 Å². The van der Waals surface area contributed by atoms with Gasteiger partial charge in [0.15, 0.2) is 0 Å². The van der Waals surface area contributed by atoms with E-state index in [1.807, 2.05) is 0 Å². The van der Waals surface area contributed by atoms with Gasteiger partial charge < -0.3 is 10.1 Å². The van der Waals surface area contributed by atoms with Crippen molar-refractivity contribution in [2.45, 2.75) is 57.7 Å². The summed E-state index contributed by atoms with van der Waals surface area (Å²) in [6, 6.07) is 21.7. The van der Waals surface area contributed by atoms with Crippen LogP contribution in [0.4, 0.5) is 0 Å². The highest BCUT2D eigenvalue weighted by atomic mass is 16.5. The van der Waals surface area contributed by atoms with E-state index in [2.05, 4.69) is 104 Å². The standard InChI is InChI=1S/C30H37NO/c1-3-28(27-15-9-5-10-16-27)29(23-25-13-7-4-8-14-25)30(19-11-6-12-20-30)32-24(2)26-17-21-31-22-18-26/h4-16,19,24,26,31H,3,17-18,20-23H2,1-2H3/b29-28+. The second kappa shape index (κ2) is 10.9. The monoisotopic (exact) mass is 427 g/mol. The molecule has 0 spiro atoms. The van der Waals surface area contributed by atoms with Crippen LogP contribution in [0.1, 0.15) is 50.7 Å². The fraction of sp³-hybridized carbons (Fsp3) is 0.400. The summed E-state index contributed by atoms with van der Waals surface area (Å²) in [4.78, 5) is 0. The lowest BCUT2D eigenvalue weighted by atomic mass is 9.78. The summed E-state index contributed by atoms with van der Waals surface area (Å²) in [6.45, 7) is 6.76. The fourth-order valence-electron chi connectivity index (χ4n) is 5.27. The van der Waals surface area contributed by atoms with Crippen molar-refractivity contribution in [2.24, 2.45) is 5.92 Å². The molecule has 2 nitrogen and oxygen atoms in total. The van der Waals surface area contributed by atoms with Crippen LogP contribution >= 0.6 is 0 Å². The molecule has 0 amide bonds. The molecule has 2 heteroatoms. The number of ether oxygens (including phenoxy) is 1. The largest absolute Gasteiger partial charge is 0.363 e. The van der Waals surface area contributed by atoms with Gasteiger partial charge in [0.25, 0.3) is 0 Å². The van der Waals surface area contributed by atoms with Crippen LogP contribution in [0, 0.1) is 5.92 Å². The normalized spacial score (nSPS) is 23.1. The molecule has 32 heavy (non-hydrogen) atoms. The Morgan fingerprint density at radius 3 is 2.31 bits per heavy atom. The number of nitrogens with one attached hydrogen (secondary N) is 1. The van der Waals surface area contributed by atoms with Crippen LogP contribution in [0.2, 0.25) is 0 Å². The Kier molecular flexibility index (Phi) is 7.78. The molecule has 0 aromatic heterocycles. The van der Waals surface area contributed by atoms with E-state index in [1.165, 1.54) is 35.1 Å². The Balaban J connectivity index is 1.79. The molecular formula is C30H37NO. The summed E-state index contributed by atoms with van der Waals surface area (Å²) in [6.07, 6.45) is 14.3. The Morgan fingerprint density at radius 1 is 1.00 bits per heavy atom. The van der Waals surface area contributed by atoms with E-state index in [4.69, 9.17) is 4.74 Å². The number of hydrogen-bond donors (Lipinski definition) is 1. The Labute approximate surface area is 194 Å². The highest BCUT2D eigenvalue weighted by molar-refractivity contribution is 5.71. The zero-order chi connectivity index (χ0) is 22.2. The van der Waals surface area contributed by atoms with Gasteiger partial charge in [-0.15, -0.1) is 0 Å². The van der Waals surface area contributed by atoms with E-state index in [-0.39, 0.29) is 6.10 Å². The van der Waals surface area contributed by atoms with Crippen LogP contribution in [-0.4, -0.2) is 24.8 Å². The molecule has 1 N–H and O–H groups in total. The second-order valence-corrected chi connectivity index (χ2v) is 9.13. The third-order valence-electron chi connectivity index (χ3n) is 7.05. The molecule has 1 heterocycles. The molecule has 1 saturated heterocycles. The first kappa shape index (κ1) is 22.8. The molecule has 2 aromatic rings. The Bertz CT molecular complexity index is 937. The van der Waals surface area contributed by atoms with Crippen molar-refractivity contribution in [3.05, 3.63) is 102 Å². The molecule has 168 valence electrons. The van der Waals surface area contributed by atoms with Crippen molar-refractivity contribution in [3.63, 3.8) is 0 Å². The van der Waals surface area contributed by atoms with Crippen molar-refractivity contribution in [1.82, 2.24) is 5.32 Å². The molecule has 2 unspecified atom stereocenters. The van der Waals surface area contributed by atoms with Gasteiger partial charge >= 0.3 is 0 Å². The van der Waals surface area contributed by atoms with E-state index >= 15 is 0 Å². The Hall–Kier alpha value is -2.42. The minimum atomic E-state index is -0.407. The molecule has 0 bridgehead atoms. The molecule has 2 atom stereocenters. The van der Waals surface area contributed by atoms with Gasteiger partial charge in [-0.25, -0.2) is 0 Å². The first-order valence-electron chi connectivity index (χ1n) is 12.3. The van der Waals surface area contributed by atoms with E-state index in [0.29, 0.717) is 5.92 Å². The molecular weight excluding hydrogens is 390 g/mol. The Morgan fingerprint density at radius 2 is 1.69 bits per heavy atom. The van der Waals surface area contributed by atoms with Gasteiger partial charge in [-0.3, -0.25) is 0 Å². The first-order chi connectivity index (χ1) is 15.7. The summed E-state index contributed by atoms with van der Waals surface area (Å²) < 4.78 is 7.13. The van der Waals surface area contributed by atoms with Crippen molar-refractivity contribution in [1.29, 1.82) is 0 Å². The highest BCUT2D eigenvalue weighted by Crippen LogP contribution is 2.41. The summed E-state index contributed by atoms with van der Waals surface area (Å²) in [5, 5.41) is 3.50. The van der Waals surface area contributed by atoms with Crippen molar-refractivity contribution >= 4 is 5.57 Å². The summed E-state index contributed by atoms with van der Waals surface area (Å²) >= 11 is 0. The van der Waals surface area contributed by atoms with Crippen LogP contribution in [0.5, 0.6) is 0 Å². The van der Waals surface area contributed by atoms with Crippen LogP contribution < -0.4 is 5.32 Å². The van der Waals surface area contributed by atoms with Crippen LogP contribution in [0.15, 0.2) is 90.5 Å². The molecule has 0 saturated carbocycles. The zero-order valence-corrected chi connectivity index (χ0v) is 19.6. The quantitative estimate of drug-likeness (QED) is 0.503. The number of benzene rings is 2. The number of allylic oxidation sites excluding steroid dienone is 3. The third-order valence-corrected chi connectivity index (χ3v) is 7.05. The predicted molar refractivity (Wildman–Crippen MR) is 136 cm³/mol. The molecule has 4 rings (SSSR count). The van der Waals surface area contributed by atoms with E-state index in [9.17, 15) is 0 Å². The lowest BCUT2D eigenvalue weighted by Gasteiger charge is -2.41. The predicted octanol–water partition coefficient (Wildman–Crippen LogP) is 6.75. The van der Waals surface area contributed by atoms with Gasteiger partial charge in [-0.05, 0) is 80.0 Å². The molecule has 1 aliphatic heterocycles. The molecule has 1 fully saturated rings. The average Bonchev–Trinajstić information content (AvgIpc) is 2.86. The minimum Gasteiger partial charge on any atom is -0.363 e. The smallest absolute Gasteiger partial charge is 0.112 e. The number of piperidine rings is 1. The average molecular weight is 428 g/mol. The van der Waals surface area contributed by atoms with Crippen LogP contribution in [0.25, 0.3) is 5.57 Å². The lowest BCUT2D eigenvalue weighted by Crippen LogP contribution is -2.42. The van der Waals surface area contributed by atoms with Gasteiger partial charge in [-0.2, -0.15) is 0 Å². The summed E-state index contributed by atoms with van der Waals surface area (Å²) in [7, 11) is 0. The van der Waals surface area contributed by atoms with Gasteiger partial charge in [0, 0.05) is 6.42 Å². The van der Waals surface area contributed by atoms with E-state index in [0.717, 1.165) is 32.4 Å². The maximum atomic E-state index is 7.13. The van der Waals surface area contributed by atoms with Gasteiger partial charge in [0.2, 0.25) is 0 Å². The summed E-state index contributed by atoms with van der Waals surface area (Å²) in [5.41, 5.74) is 5.05. The summed E-state index contributed by atoms with van der Waals surface area (Å²) in [5.74, 6) is 0.604. The topological polar surface area (TPSA) is 21.3 Å². The SMILES string of the molecule is CC/C(=C(/Cc1ccccc1)C1(OC(C)C2CCNCC2)C=CC=CC1)c1ccccc1. The molecule has 1 aliphatic carbocycles. The minimum absolute atomic E-state index is 0.216. The van der Waals surface area contributed by atoms with E-state index < -0.39 is 5.60 Å². The number of hydrogen-bond acceptors (Lipinski definition) is 2. The highest BCUT2D eigenvalue weighted by Gasteiger charge is 2.38. The molecule has 2 aromatic carbocycles. The maximum Gasteiger partial charge on any atom is 0.112 e. The van der Waals surface area contributed by atoms with Crippen molar-refractivity contribution < 1.29 is 4.74 Å². The van der Waals surface area contributed by atoms with Crippen molar-refractivity contribution in [2.75, 3.05) is 13.1 Å². The van der Waals surface area contributed by atoms with Crippen LogP contribution in [-0.2, 0) is 11.2 Å². The molecule has 0 radical (unpaired) electrons. The van der Waals surface area contributed by atoms with E-state index in [1.54, 1.807) is 0 Å². The lowest BCUT2D eigenvalue weighted by molar-refractivity contribution is -0.0641. The van der Waals surface area contributed by atoms with Gasteiger partial charge in [0.05, 0.1) is 6.10 Å². The van der Waals surface area contributed by atoms with Gasteiger partial charge in [-0.1, -0.05) is 85.8 Å². The number of rotatable bonds is 8. The third kappa shape index (κ3) is 5.31. The fourth-order valence-corrected chi connectivity index (χ4v) is 5.27. The van der Waals surface area contributed by atoms with Gasteiger partial charge in [0.1, 0.15) is 5.60 Å². The maximum absolute atomic E-state index is 7.13. The zero-order valence-electron chi connectivity index (χ0n) is 19.6. The second-order valence-electron chi connectivity index (χ2n) is 9.13. The molecule has 2 aliphatic rings.